The number of hydrogen-bond acceptors (Lipinski definition) is 5. The predicted octanol–water partition coefficient (Wildman–Crippen LogP) is 3.50. The van der Waals surface area contributed by atoms with Crippen LogP contribution in [0.4, 0.5) is 4.39 Å². The first-order chi connectivity index (χ1) is 12.7. The molecule has 0 radical (unpaired) electrons. The van der Waals surface area contributed by atoms with E-state index in [1.807, 2.05) is 19.2 Å². The van der Waals surface area contributed by atoms with Crippen LogP contribution in [-0.2, 0) is 4.74 Å². The fraction of sp³-hybridized carbons (Fsp3) is 0.368. The van der Waals surface area contributed by atoms with E-state index in [1.165, 1.54) is 6.07 Å². The molecule has 2 aromatic heterocycles. The molecule has 1 N–H and O–H groups in total. The number of rotatable bonds is 5. The van der Waals surface area contributed by atoms with Crippen LogP contribution in [0.15, 0.2) is 35.6 Å². The van der Waals surface area contributed by atoms with Crippen LogP contribution in [0, 0.1) is 12.7 Å². The Morgan fingerprint density at radius 1 is 1.23 bits per heavy atom. The fourth-order valence-electron chi connectivity index (χ4n) is 3.17. The number of aryl methyl sites for hydroxylation is 1. The lowest BCUT2D eigenvalue weighted by atomic mass is 10.0. The molecule has 5 nitrogen and oxygen atoms in total. The van der Waals surface area contributed by atoms with Crippen molar-refractivity contribution in [3.8, 4) is 11.3 Å². The quantitative estimate of drug-likeness (QED) is 0.549. The average molecular weight is 372 g/mol. The Labute approximate surface area is 156 Å². The number of thioether (sulfide) groups is 1. The van der Waals surface area contributed by atoms with Gasteiger partial charge in [0.2, 0.25) is 0 Å². The zero-order valence-electron chi connectivity index (χ0n) is 14.7. The number of ether oxygens (including phenoxy) is 1. The molecule has 1 aromatic carbocycles. The van der Waals surface area contributed by atoms with Crippen LogP contribution in [0.25, 0.3) is 22.3 Å². The van der Waals surface area contributed by atoms with Crippen molar-refractivity contribution in [2.45, 2.75) is 12.1 Å². The second-order valence-electron chi connectivity index (χ2n) is 6.36. The standard InChI is InChI=1S/C19H21FN4OS/c1-13-12-14(20)2-3-15(13)17-16-4-5-21-18(16)23-19(22-17)26-11-8-24-6-9-25-10-7-24/h2-5,12H,6-11H2,1H3,(H,21,22,23). The second kappa shape index (κ2) is 7.73. The number of benzene rings is 1. The van der Waals surface area contributed by atoms with E-state index in [0.717, 1.165) is 71.6 Å². The van der Waals surface area contributed by atoms with Gasteiger partial charge in [-0.15, -0.1) is 0 Å². The van der Waals surface area contributed by atoms with Gasteiger partial charge >= 0.3 is 0 Å². The topological polar surface area (TPSA) is 54.0 Å². The maximum absolute atomic E-state index is 13.5. The summed E-state index contributed by atoms with van der Waals surface area (Å²) >= 11 is 1.65. The number of aromatic amines is 1. The Bertz CT molecular complexity index is 908. The zero-order chi connectivity index (χ0) is 17.9. The Hall–Kier alpha value is -1.96. The number of halogens is 1. The summed E-state index contributed by atoms with van der Waals surface area (Å²) in [6, 6.07) is 6.78. The van der Waals surface area contributed by atoms with Gasteiger partial charge in [-0.1, -0.05) is 11.8 Å². The zero-order valence-corrected chi connectivity index (χ0v) is 15.5. The van der Waals surface area contributed by atoms with Crippen molar-refractivity contribution in [1.82, 2.24) is 19.9 Å². The van der Waals surface area contributed by atoms with Gasteiger partial charge in [-0.3, -0.25) is 4.90 Å². The van der Waals surface area contributed by atoms with Crippen LogP contribution in [0.2, 0.25) is 0 Å². The summed E-state index contributed by atoms with van der Waals surface area (Å²) in [4.78, 5) is 15.0. The van der Waals surface area contributed by atoms with Gasteiger partial charge in [0, 0.05) is 42.5 Å². The van der Waals surface area contributed by atoms with Crippen molar-refractivity contribution >= 4 is 22.8 Å². The number of fused-ring (bicyclic) bond motifs is 1. The van der Waals surface area contributed by atoms with Crippen LogP contribution in [0.1, 0.15) is 5.56 Å². The molecule has 0 saturated carbocycles. The molecule has 0 amide bonds. The smallest absolute Gasteiger partial charge is 0.190 e. The van der Waals surface area contributed by atoms with Gasteiger partial charge in [0.25, 0.3) is 0 Å². The molecule has 1 fully saturated rings. The highest BCUT2D eigenvalue weighted by Crippen LogP contribution is 2.30. The molecule has 1 saturated heterocycles. The fourth-order valence-corrected chi connectivity index (χ4v) is 4.02. The summed E-state index contributed by atoms with van der Waals surface area (Å²) in [6.45, 7) is 6.48. The number of H-pyrrole nitrogens is 1. The number of nitrogens with zero attached hydrogens (tertiary/aromatic N) is 3. The van der Waals surface area contributed by atoms with Crippen molar-refractivity contribution in [2.75, 3.05) is 38.6 Å². The summed E-state index contributed by atoms with van der Waals surface area (Å²) in [5.41, 5.74) is 3.47. The molecular formula is C19H21FN4OS. The van der Waals surface area contributed by atoms with E-state index >= 15 is 0 Å². The molecule has 26 heavy (non-hydrogen) atoms. The van der Waals surface area contributed by atoms with E-state index in [4.69, 9.17) is 9.72 Å². The third-order valence-electron chi connectivity index (χ3n) is 4.58. The van der Waals surface area contributed by atoms with Crippen molar-refractivity contribution in [2.24, 2.45) is 0 Å². The lowest BCUT2D eigenvalue weighted by Crippen LogP contribution is -2.37. The number of nitrogens with one attached hydrogen (secondary N) is 1. The van der Waals surface area contributed by atoms with E-state index in [2.05, 4.69) is 14.9 Å². The third kappa shape index (κ3) is 3.75. The summed E-state index contributed by atoms with van der Waals surface area (Å²) in [5, 5.41) is 1.70. The van der Waals surface area contributed by atoms with Crippen LogP contribution in [0.3, 0.4) is 0 Å². The van der Waals surface area contributed by atoms with Gasteiger partial charge in [0.15, 0.2) is 5.16 Å². The highest BCUT2D eigenvalue weighted by Gasteiger charge is 2.14. The van der Waals surface area contributed by atoms with Crippen molar-refractivity contribution in [1.29, 1.82) is 0 Å². The van der Waals surface area contributed by atoms with E-state index in [9.17, 15) is 4.39 Å². The predicted molar refractivity (Wildman–Crippen MR) is 102 cm³/mol. The molecule has 0 aliphatic carbocycles. The minimum absolute atomic E-state index is 0.231. The minimum atomic E-state index is -0.231. The van der Waals surface area contributed by atoms with Crippen LogP contribution in [-0.4, -0.2) is 58.5 Å². The van der Waals surface area contributed by atoms with Gasteiger partial charge in [0.05, 0.1) is 18.9 Å². The van der Waals surface area contributed by atoms with Gasteiger partial charge in [0.1, 0.15) is 11.5 Å². The third-order valence-corrected chi connectivity index (χ3v) is 5.41. The van der Waals surface area contributed by atoms with Crippen LogP contribution < -0.4 is 0 Å². The average Bonchev–Trinajstić information content (AvgIpc) is 3.11. The maximum Gasteiger partial charge on any atom is 0.190 e. The van der Waals surface area contributed by atoms with Gasteiger partial charge in [-0.25, -0.2) is 14.4 Å². The molecule has 3 heterocycles. The van der Waals surface area contributed by atoms with Crippen molar-refractivity contribution in [3.63, 3.8) is 0 Å². The first-order valence-electron chi connectivity index (χ1n) is 8.75. The Morgan fingerprint density at radius 3 is 2.88 bits per heavy atom. The van der Waals surface area contributed by atoms with Gasteiger partial charge in [-0.2, -0.15) is 0 Å². The highest BCUT2D eigenvalue weighted by atomic mass is 32.2. The lowest BCUT2D eigenvalue weighted by Gasteiger charge is -2.26. The molecule has 0 atom stereocenters. The molecule has 1 aliphatic heterocycles. The molecule has 0 spiro atoms. The van der Waals surface area contributed by atoms with Crippen molar-refractivity contribution in [3.05, 3.63) is 41.8 Å². The normalized spacial score (nSPS) is 15.6. The summed E-state index contributed by atoms with van der Waals surface area (Å²) in [7, 11) is 0. The Balaban J connectivity index is 1.58. The molecule has 4 rings (SSSR count). The number of aromatic nitrogens is 3. The first-order valence-corrected chi connectivity index (χ1v) is 9.74. The van der Waals surface area contributed by atoms with E-state index in [-0.39, 0.29) is 5.82 Å². The van der Waals surface area contributed by atoms with E-state index in [0.29, 0.717) is 0 Å². The largest absolute Gasteiger partial charge is 0.379 e. The van der Waals surface area contributed by atoms with E-state index < -0.39 is 0 Å². The maximum atomic E-state index is 13.5. The molecule has 7 heteroatoms. The number of morpholine rings is 1. The van der Waals surface area contributed by atoms with Gasteiger partial charge in [-0.05, 0) is 36.8 Å². The van der Waals surface area contributed by atoms with Crippen molar-refractivity contribution < 1.29 is 9.13 Å². The minimum Gasteiger partial charge on any atom is -0.379 e. The Kier molecular flexibility index (Phi) is 5.19. The lowest BCUT2D eigenvalue weighted by molar-refractivity contribution is 0.0410. The van der Waals surface area contributed by atoms with E-state index in [1.54, 1.807) is 23.9 Å². The SMILES string of the molecule is Cc1cc(F)ccc1-c1nc(SCCN2CCOCC2)nc2[nH]ccc12. The first kappa shape index (κ1) is 17.5. The molecule has 3 aromatic rings. The molecule has 136 valence electrons. The second-order valence-corrected chi connectivity index (χ2v) is 7.42. The summed E-state index contributed by atoms with van der Waals surface area (Å²) in [6.07, 6.45) is 1.86. The summed E-state index contributed by atoms with van der Waals surface area (Å²) < 4.78 is 18.9. The number of hydrogen-bond donors (Lipinski definition) is 1. The molecule has 1 aliphatic rings. The molecule has 0 unspecified atom stereocenters. The van der Waals surface area contributed by atoms with Crippen LogP contribution in [0.5, 0.6) is 0 Å². The molecule has 0 bridgehead atoms. The van der Waals surface area contributed by atoms with Crippen LogP contribution >= 0.6 is 11.8 Å². The highest BCUT2D eigenvalue weighted by molar-refractivity contribution is 7.99. The Morgan fingerprint density at radius 2 is 2.08 bits per heavy atom. The van der Waals surface area contributed by atoms with Gasteiger partial charge < -0.3 is 9.72 Å². The summed E-state index contributed by atoms with van der Waals surface area (Å²) in [5.74, 6) is 0.694. The molecular weight excluding hydrogens is 351 g/mol. The monoisotopic (exact) mass is 372 g/mol.